The minimum atomic E-state index is -3.22. The van der Waals surface area contributed by atoms with Gasteiger partial charge in [0.25, 0.3) is 0 Å². The molecule has 0 amide bonds. The van der Waals surface area contributed by atoms with Crippen LogP contribution in [0.2, 0.25) is 0 Å². The molecule has 0 heterocycles. The van der Waals surface area contributed by atoms with Crippen molar-refractivity contribution in [1.82, 2.24) is 0 Å². The van der Waals surface area contributed by atoms with Crippen molar-refractivity contribution in [3.8, 4) is 17.2 Å². The fourth-order valence-corrected chi connectivity index (χ4v) is 10.3. The lowest BCUT2D eigenvalue weighted by molar-refractivity contribution is 0.418. The first-order valence-electron chi connectivity index (χ1n) is 15.0. The molecule has 0 atom stereocenters. The molecule has 230 valence electrons. The van der Waals surface area contributed by atoms with Crippen molar-refractivity contribution in [2.75, 3.05) is 7.11 Å². The molecule has 0 radical (unpaired) electrons. The summed E-state index contributed by atoms with van der Waals surface area (Å²) >= 11 is 0. The SMILES string of the molecule is COc1ccccc1P(=Nc1ccccc1C=Nc1c(C)cc(C)cc1C)(c1cc(C)cc(C)c1O)c1cc(C)cc(C)c1O. The van der Waals surface area contributed by atoms with Crippen molar-refractivity contribution in [2.24, 2.45) is 9.74 Å². The van der Waals surface area contributed by atoms with Gasteiger partial charge in [0.15, 0.2) is 0 Å². The molecule has 0 saturated heterocycles. The van der Waals surface area contributed by atoms with Gasteiger partial charge in [0.05, 0.1) is 25.5 Å². The Balaban J connectivity index is 1.97. The van der Waals surface area contributed by atoms with E-state index >= 15 is 0 Å². The number of benzene rings is 5. The normalized spacial score (nSPS) is 11.6. The van der Waals surface area contributed by atoms with Crippen LogP contribution in [0, 0.1) is 48.5 Å². The molecular formula is C39H41N2O3P. The zero-order valence-electron chi connectivity index (χ0n) is 27.3. The highest BCUT2D eigenvalue weighted by atomic mass is 31.2. The van der Waals surface area contributed by atoms with Crippen molar-refractivity contribution in [2.45, 2.75) is 48.5 Å². The van der Waals surface area contributed by atoms with Crippen LogP contribution in [0.25, 0.3) is 0 Å². The molecular weight excluding hydrogens is 575 g/mol. The van der Waals surface area contributed by atoms with Gasteiger partial charge in [0.1, 0.15) is 17.2 Å². The van der Waals surface area contributed by atoms with Crippen LogP contribution in [-0.2, 0) is 0 Å². The summed E-state index contributed by atoms with van der Waals surface area (Å²) < 4.78 is 11.7. The van der Waals surface area contributed by atoms with Crippen LogP contribution in [0.15, 0.2) is 94.7 Å². The number of hydrogen-bond acceptors (Lipinski definition) is 5. The summed E-state index contributed by atoms with van der Waals surface area (Å²) in [5.74, 6) is 0.933. The fourth-order valence-electron chi connectivity index (χ4n) is 6.18. The highest BCUT2D eigenvalue weighted by molar-refractivity contribution is 7.88. The van der Waals surface area contributed by atoms with Gasteiger partial charge in [-0.3, -0.25) is 9.74 Å². The van der Waals surface area contributed by atoms with Gasteiger partial charge in [-0.1, -0.05) is 60.2 Å². The van der Waals surface area contributed by atoms with Crippen LogP contribution in [0.3, 0.4) is 0 Å². The Morgan fingerprint density at radius 1 is 0.600 bits per heavy atom. The van der Waals surface area contributed by atoms with Gasteiger partial charge >= 0.3 is 0 Å². The van der Waals surface area contributed by atoms with E-state index in [4.69, 9.17) is 14.5 Å². The summed E-state index contributed by atoms with van der Waals surface area (Å²) in [5, 5.41) is 25.9. The number of para-hydroxylation sites is 1. The maximum absolute atomic E-state index is 11.9. The van der Waals surface area contributed by atoms with Crippen LogP contribution >= 0.6 is 7.05 Å². The Hall–Kier alpha value is -4.60. The maximum Gasteiger partial charge on any atom is 0.128 e. The first-order valence-corrected chi connectivity index (χ1v) is 16.8. The third-order valence-electron chi connectivity index (χ3n) is 8.14. The van der Waals surface area contributed by atoms with Crippen LogP contribution < -0.4 is 20.7 Å². The molecule has 0 spiro atoms. The van der Waals surface area contributed by atoms with Crippen molar-refractivity contribution >= 4 is 40.6 Å². The lowest BCUT2D eigenvalue weighted by atomic mass is 10.1. The summed E-state index contributed by atoms with van der Waals surface area (Å²) in [6.45, 7) is 14.1. The summed E-state index contributed by atoms with van der Waals surface area (Å²) in [7, 11) is -1.58. The molecule has 0 aliphatic heterocycles. The third kappa shape index (κ3) is 6.06. The number of hydrogen-bond donors (Lipinski definition) is 2. The van der Waals surface area contributed by atoms with Crippen LogP contribution in [0.4, 0.5) is 11.4 Å². The van der Waals surface area contributed by atoms with E-state index in [0.29, 0.717) is 22.0 Å². The number of aromatic hydroxyl groups is 2. The highest BCUT2D eigenvalue weighted by Crippen LogP contribution is 2.56. The summed E-state index contributed by atoms with van der Waals surface area (Å²) in [5.41, 5.74) is 9.31. The second kappa shape index (κ2) is 12.8. The van der Waals surface area contributed by atoms with Gasteiger partial charge in [-0.05, 0) is 112 Å². The molecule has 5 aromatic carbocycles. The predicted molar refractivity (Wildman–Crippen MR) is 190 cm³/mol. The molecule has 5 nitrogen and oxygen atoms in total. The molecule has 2 N–H and O–H groups in total. The Bertz CT molecular complexity index is 1920. The Morgan fingerprint density at radius 3 is 1.67 bits per heavy atom. The molecule has 5 aromatic rings. The van der Waals surface area contributed by atoms with E-state index < -0.39 is 7.05 Å². The van der Waals surface area contributed by atoms with E-state index in [1.807, 2.05) is 107 Å². The van der Waals surface area contributed by atoms with Gasteiger partial charge in [-0.25, -0.2) is 0 Å². The number of methoxy groups -OCH3 is 1. The monoisotopic (exact) mass is 616 g/mol. The van der Waals surface area contributed by atoms with Crippen LogP contribution in [0.5, 0.6) is 17.2 Å². The number of nitrogens with zero attached hydrogens (tertiary/aromatic N) is 2. The lowest BCUT2D eigenvalue weighted by Crippen LogP contribution is -2.28. The standard InChI is InChI=1S/C39H41N2O3P/c1-24-17-27(4)37(28(5)18-24)40-23-31-13-9-10-14-32(31)41-45(34-16-12-11-15-33(34)44-8,35-21-25(2)19-29(6)38(35)42)36-22-26(3)20-30(7)39(36)43/h9-23,42-43H,1-8H3. The number of rotatable bonds is 7. The van der Waals surface area contributed by atoms with Crippen molar-refractivity contribution in [3.05, 3.63) is 129 Å². The average molecular weight is 617 g/mol. The number of ether oxygens (including phenoxy) is 1. The van der Waals surface area contributed by atoms with E-state index in [2.05, 4.69) is 32.9 Å². The van der Waals surface area contributed by atoms with Crippen LogP contribution in [-0.4, -0.2) is 23.5 Å². The first kappa shape index (κ1) is 31.8. The van der Waals surface area contributed by atoms with Crippen molar-refractivity contribution < 1.29 is 14.9 Å². The zero-order valence-corrected chi connectivity index (χ0v) is 28.2. The van der Waals surface area contributed by atoms with E-state index in [-0.39, 0.29) is 11.5 Å². The lowest BCUT2D eigenvalue weighted by Gasteiger charge is -2.31. The number of phenols is 2. The van der Waals surface area contributed by atoms with Gasteiger partial charge in [0.2, 0.25) is 0 Å². The molecule has 0 aliphatic carbocycles. The molecule has 0 unspecified atom stereocenters. The minimum Gasteiger partial charge on any atom is -0.507 e. The molecule has 0 fully saturated rings. The number of aliphatic imine (C=N–C) groups is 1. The van der Waals surface area contributed by atoms with Crippen molar-refractivity contribution in [3.63, 3.8) is 0 Å². The molecule has 0 aliphatic rings. The molecule has 0 bridgehead atoms. The molecule has 45 heavy (non-hydrogen) atoms. The maximum atomic E-state index is 11.9. The molecule has 6 heteroatoms. The Kier molecular flexibility index (Phi) is 9.04. The number of phenolic OH excluding ortho intramolecular Hbond substituents is 2. The minimum absolute atomic E-state index is 0.152. The fraction of sp³-hybridized carbons (Fsp3) is 0.205. The quantitative estimate of drug-likeness (QED) is 0.142. The zero-order chi connectivity index (χ0) is 32.5. The molecule has 0 saturated carbocycles. The second-order valence-corrected chi connectivity index (χ2v) is 14.8. The van der Waals surface area contributed by atoms with E-state index in [9.17, 15) is 10.2 Å². The van der Waals surface area contributed by atoms with Crippen molar-refractivity contribution in [1.29, 1.82) is 0 Å². The topological polar surface area (TPSA) is 74.4 Å². The van der Waals surface area contributed by atoms with Gasteiger partial charge < -0.3 is 14.9 Å². The summed E-state index contributed by atoms with van der Waals surface area (Å²) in [4.78, 5) is 4.95. The Labute approximate surface area is 267 Å². The number of aryl methyl sites for hydroxylation is 7. The predicted octanol–water partition coefficient (Wildman–Crippen LogP) is 8.83. The Morgan fingerprint density at radius 2 is 1.09 bits per heavy atom. The van der Waals surface area contributed by atoms with Gasteiger partial charge in [-0.15, -0.1) is 0 Å². The van der Waals surface area contributed by atoms with E-state index in [1.54, 1.807) is 7.11 Å². The van der Waals surface area contributed by atoms with Crippen LogP contribution in [0.1, 0.15) is 44.5 Å². The second-order valence-electron chi connectivity index (χ2n) is 11.9. The smallest absolute Gasteiger partial charge is 0.128 e. The average Bonchev–Trinajstić information content (AvgIpc) is 3.00. The van der Waals surface area contributed by atoms with Gasteiger partial charge in [0, 0.05) is 27.7 Å². The van der Waals surface area contributed by atoms with Gasteiger partial charge in [-0.2, -0.15) is 0 Å². The molecule has 5 rings (SSSR count). The highest BCUT2D eigenvalue weighted by Gasteiger charge is 2.36. The largest absolute Gasteiger partial charge is 0.507 e. The summed E-state index contributed by atoms with van der Waals surface area (Å²) in [6, 6.07) is 27.9. The first-order chi connectivity index (χ1) is 21.5. The summed E-state index contributed by atoms with van der Waals surface area (Å²) in [6.07, 6.45) is 1.86. The molecule has 0 aromatic heterocycles. The van der Waals surface area contributed by atoms with E-state index in [0.717, 1.165) is 49.9 Å². The third-order valence-corrected chi connectivity index (χ3v) is 11.8. The van der Waals surface area contributed by atoms with E-state index in [1.165, 1.54) is 5.56 Å².